The molecule has 1 N–H and O–H groups in total. The predicted molar refractivity (Wildman–Crippen MR) is 111 cm³/mol. The lowest BCUT2D eigenvalue weighted by atomic mass is 9.75. The minimum atomic E-state index is -0.320. The second kappa shape index (κ2) is 8.12. The van der Waals surface area contributed by atoms with Crippen LogP contribution in [-0.4, -0.2) is 23.9 Å². The number of carbonyl (C=O) groups is 1. The average Bonchev–Trinajstić information content (AvgIpc) is 3.21. The van der Waals surface area contributed by atoms with E-state index in [1.807, 2.05) is 23.5 Å². The molecule has 0 spiro atoms. The Labute approximate surface area is 166 Å². The van der Waals surface area contributed by atoms with Crippen molar-refractivity contribution >= 4 is 35.3 Å². The van der Waals surface area contributed by atoms with E-state index in [0.717, 1.165) is 44.5 Å². The fourth-order valence-electron chi connectivity index (χ4n) is 4.41. The molecule has 2 aromatic rings. The molecule has 2 aliphatic heterocycles. The summed E-state index contributed by atoms with van der Waals surface area (Å²) in [6.45, 7) is 5.56. The van der Waals surface area contributed by atoms with Crippen molar-refractivity contribution < 1.29 is 4.79 Å². The molecule has 0 saturated heterocycles. The largest absolute Gasteiger partial charge is 0.325 e. The highest BCUT2D eigenvalue weighted by Gasteiger charge is 2.44. The maximum Gasteiger partial charge on any atom is 0.235 e. The molecule has 0 bridgehead atoms. The smallest absolute Gasteiger partial charge is 0.235 e. The van der Waals surface area contributed by atoms with Crippen molar-refractivity contribution in [2.75, 3.05) is 18.4 Å². The van der Waals surface area contributed by atoms with E-state index in [9.17, 15) is 4.79 Å². The number of anilines is 1. The number of benzene rings is 1. The standard InChI is InChI=1S/C21H26N2OS.ClH/c1-2-21(17-7-3-4-8-18(17)22-20(21)24)11-5-6-12-23-13-9-19-16(15-23)10-14-25-19;/h3-4,7-8,10,14H,2,5-6,9,11-13,15H2,1H3,(H,22,24);1H. The Kier molecular flexibility index (Phi) is 6.06. The van der Waals surface area contributed by atoms with Crippen LogP contribution < -0.4 is 5.32 Å². The molecule has 1 aromatic heterocycles. The first-order valence-electron chi connectivity index (χ1n) is 9.41. The van der Waals surface area contributed by atoms with E-state index in [1.54, 1.807) is 4.88 Å². The lowest BCUT2D eigenvalue weighted by Crippen LogP contribution is -2.34. The number of amides is 1. The van der Waals surface area contributed by atoms with E-state index in [0.29, 0.717) is 0 Å². The lowest BCUT2D eigenvalue weighted by Gasteiger charge is -2.28. The van der Waals surface area contributed by atoms with E-state index < -0.39 is 0 Å². The molecule has 140 valence electrons. The second-order valence-electron chi connectivity index (χ2n) is 7.29. The number of thiophene rings is 1. The van der Waals surface area contributed by atoms with Crippen LogP contribution in [0.4, 0.5) is 5.69 Å². The minimum Gasteiger partial charge on any atom is -0.325 e. The number of halogens is 1. The topological polar surface area (TPSA) is 32.3 Å². The zero-order valence-corrected chi connectivity index (χ0v) is 16.9. The molecule has 26 heavy (non-hydrogen) atoms. The summed E-state index contributed by atoms with van der Waals surface area (Å²) in [5.74, 6) is 0.192. The van der Waals surface area contributed by atoms with E-state index >= 15 is 0 Å². The molecular weight excluding hydrogens is 364 g/mol. The van der Waals surface area contributed by atoms with Crippen LogP contribution in [0.1, 0.15) is 48.6 Å². The monoisotopic (exact) mass is 390 g/mol. The third kappa shape index (κ3) is 3.42. The van der Waals surface area contributed by atoms with Gasteiger partial charge in [0, 0.05) is 23.7 Å². The molecule has 4 rings (SSSR count). The third-order valence-corrected chi connectivity index (χ3v) is 6.97. The Morgan fingerprint density at radius 1 is 1.23 bits per heavy atom. The number of hydrogen-bond acceptors (Lipinski definition) is 3. The SMILES string of the molecule is CCC1(CCCCN2CCc3sccc3C2)C(=O)Nc2ccccc21.Cl. The number of fused-ring (bicyclic) bond motifs is 2. The Morgan fingerprint density at radius 2 is 2.08 bits per heavy atom. The van der Waals surface area contributed by atoms with Crippen LogP contribution in [0.5, 0.6) is 0 Å². The van der Waals surface area contributed by atoms with Gasteiger partial charge in [-0.25, -0.2) is 0 Å². The van der Waals surface area contributed by atoms with E-state index in [-0.39, 0.29) is 23.7 Å². The van der Waals surface area contributed by atoms with Gasteiger partial charge in [0.1, 0.15) is 0 Å². The molecule has 5 heteroatoms. The molecule has 3 heterocycles. The fraction of sp³-hybridized carbons (Fsp3) is 0.476. The molecule has 0 saturated carbocycles. The van der Waals surface area contributed by atoms with Gasteiger partial charge in [0.25, 0.3) is 0 Å². The zero-order valence-electron chi connectivity index (χ0n) is 15.3. The van der Waals surface area contributed by atoms with Gasteiger partial charge in [0.05, 0.1) is 5.41 Å². The molecule has 0 radical (unpaired) electrons. The number of nitrogens with one attached hydrogen (secondary N) is 1. The number of rotatable bonds is 6. The molecule has 1 aromatic carbocycles. The number of hydrogen-bond donors (Lipinski definition) is 1. The highest BCUT2D eigenvalue weighted by atomic mass is 35.5. The third-order valence-electron chi connectivity index (χ3n) is 5.94. The normalized spacial score (nSPS) is 21.7. The minimum absolute atomic E-state index is 0. The molecule has 1 unspecified atom stereocenters. The van der Waals surface area contributed by atoms with Crippen molar-refractivity contribution in [1.82, 2.24) is 4.90 Å². The van der Waals surface area contributed by atoms with Crippen LogP contribution in [0.15, 0.2) is 35.7 Å². The Morgan fingerprint density at radius 3 is 2.92 bits per heavy atom. The molecule has 2 aliphatic rings. The lowest BCUT2D eigenvalue weighted by molar-refractivity contribution is -0.121. The van der Waals surface area contributed by atoms with Crippen molar-refractivity contribution in [1.29, 1.82) is 0 Å². The van der Waals surface area contributed by atoms with Crippen LogP contribution in [0.25, 0.3) is 0 Å². The van der Waals surface area contributed by atoms with Crippen molar-refractivity contribution in [3.63, 3.8) is 0 Å². The van der Waals surface area contributed by atoms with Crippen LogP contribution in [-0.2, 0) is 23.2 Å². The summed E-state index contributed by atoms with van der Waals surface area (Å²) in [7, 11) is 0. The molecular formula is C21H27ClN2OS. The molecule has 3 nitrogen and oxygen atoms in total. The summed E-state index contributed by atoms with van der Waals surface area (Å²) in [6.07, 6.45) is 5.28. The summed E-state index contributed by atoms with van der Waals surface area (Å²) in [5, 5.41) is 5.31. The number of carbonyl (C=O) groups excluding carboxylic acids is 1. The van der Waals surface area contributed by atoms with Gasteiger partial charge >= 0.3 is 0 Å². The van der Waals surface area contributed by atoms with E-state index in [4.69, 9.17) is 0 Å². The van der Waals surface area contributed by atoms with Gasteiger partial charge in [-0.2, -0.15) is 0 Å². The number of unbranched alkanes of at least 4 members (excludes halogenated alkanes) is 1. The first kappa shape index (κ1) is 19.4. The van der Waals surface area contributed by atoms with Gasteiger partial charge in [-0.1, -0.05) is 31.5 Å². The molecule has 0 fully saturated rings. The molecule has 1 amide bonds. The quantitative estimate of drug-likeness (QED) is 0.704. The van der Waals surface area contributed by atoms with Crippen LogP contribution in [0.3, 0.4) is 0 Å². The first-order valence-corrected chi connectivity index (χ1v) is 10.3. The molecule has 0 aliphatic carbocycles. The number of nitrogens with zero attached hydrogens (tertiary/aromatic N) is 1. The maximum atomic E-state index is 12.7. The maximum absolute atomic E-state index is 12.7. The van der Waals surface area contributed by atoms with Crippen LogP contribution in [0, 0.1) is 0 Å². The first-order chi connectivity index (χ1) is 12.2. The Hall–Kier alpha value is -1.36. The van der Waals surface area contributed by atoms with E-state index in [1.165, 1.54) is 24.1 Å². The second-order valence-corrected chi connectivity index (χ2v) is 8.29. The van der Waals surface area contributed by atoms with Gasteiger partial charge < -0.3 is 5.32 Å². The summed E-state index contributed by atoms with van der Waals surface area (Å²) in [5.41, 5.74) is 3.41. The Bertz CT molecular complexity index is 775. The van der Waals surface area contributed by atoms with E-state index in [2.05, 4.69) is 40.7 Å². The molecule has 1 atom stereocenters. The number of para-hydroxylation sites is 1. The van der Waals surface area contributed by atoms with Crippen molar-refractivity contribution in [3.05, 3.63) is 51.7 Å². The average molecular weight is 391 g/mol. The van der Waals surface area contributed by atoms with Gasteiger partial charge in [-0.15, -0.1) is 23.7 Å². The highest BCUT2D eigenvalue weighted by Crippen LogP contribution is 2.43. The van der Waals surface area contributed by atoms with Crippen molar-refractivity contribution in [3.8, 4) is 0 Å². The highest BCUT2D eigenvalue weighted by molar-refractivity contribution is 7.10. The van der Waals surface area contributed by atoms with Gasteiger partial charge in [-0.05, 0) is 60.9 Å². The van der Waals surface area contributed by atoms with Crippen molar-refractivity contribution in [2.45, 2.75) is 51.0 Å². The van der Waals surface area contributed by atoms with Gasteiger partial charge in [-0.3, -0.25) is 9.69 Å². The summed E-state index contributed by atoms with van der Waals surface area (Å²) < 4.78 is 0. The predicted octanol–water partition coefficient (Wildman–Crippen LogP) is 5.00. The van der Waals surface area contributed by atoms with Crippen LogP contribution >= 0.6 is 23.7 Å². The summed E-state index contributed by atoms with van der Waals surface area (Å²) in [4.78, 5) is 16.8. The zero-order chi connectivity index (χ0) is 17.3. The summed E-state index contributed by atoms with van der Waals surface area (Å²) in [6, 6.07) is 10.5. The van der Waals surface area contributed by atoms with Gasteiger partial charge in [0.15, 0.2) is 0 Å². The van der Waals surface area contributed by atoms with Crippen LogP contribution in [0.2, 0.25) is 0 Å². The Balaban J connectivity index is 0.00000196. The van der Waals surface area contributed by atoms with Crippen molar-refractivity contribution in [2.24, 2.45) is 0 Å². The summed E-state index contributed by atoms with van der Waals surface area (Å²) >= 11 is 1.90. The fourth-order valence-corrected chi connectivity index (χ4v) is 5.30. The van der Waals surface area contributed by atoms with Gasteiger partial charge in [0.2, 0.25) is 5.91 Å².